The minimum Gasteiger partial charge on any atom is -0.464 e. The number of hydrogen-bond acceptors (Lipinski definition) is 6. The number of esters is 1. The third kappa shape index (κ3) is 4.43. The number of nitrogens with one attached hydrogen (secondary N) is 1. The number of hydrogen-bond donors (Lipinski definition) is 1. The molecule has 0 unspecified atom stereocenters. The van der Waals surface area contributed by atoms with Crippen LogP contribution in [-0.2, 0) is 20.7 Å². The van der Waals surface area contributed by atoms with Crippen molar-refractivity contribution in [3.8, 4) is 0 Å². The predicted molar refractivity (Wildman–Crippen MR) is 107 cm³/mol. The van der Waals surface area contributed by atoms with Crippen molar-refractivity contribution in [2.45, 2.75) is 27.2 Å². The molecule has 0 aliphatic heterocycles. The summed E-state index contributed by atoms with van der Waals surface area (Å²) in [5.74, 6) is -1.15. The van der Waals surface area contributed by atoms with Crippen LogP contribution in [0.15, 0.2) is 41.0 Å². The molecule has 0 saturated heterocycles. The first-order valence-electron chi connectivity index (χ1n) is 8.93. The fourth-order valence-electron chi connectivity index (χ4n) is 2.92. The van der Waals surface area contributed by atoms with Crippen molar-refractivity contribution in [3.05, 3.63) is 69.0 Å². The molecule has 2 aromatic carbocycles. The SMILES string of the molecule is Cc1ccc([N+](=O)[O-])cc1NC(=O)COC(=O)Cc1coc2c(C)c(C)ccc12. The molecule has 1 aromatic heterocycles. The molecule has 150 valence electrons. The van der Waals surface area contributed by atoms with Gasteiger partial charge in [0.05, 0.1) is 23.3 Å². The maximum atomic E-state index is 12.1. The lowest BCUT2D eigenvalue weighted by Gasteiger charge is -2.09. The summed E-state index contributed by atoms with van der Waals surface area (Å²) in [5.41, 5.74) is 4.33. The lowest BCUT2D eigenvalue weighted by molar-refractivity contribution is -0.384. The Balaban J connectivity index is 1.60. The van der Waals surface area contributed by atoms with Gasteiger partial charge in [0.2, 0.25) is 0 Å². The number of anilines is 1. The molecule has 1 amide bonds. The van der Waals surface area contributed by atoms with E-state index in [1.807, 2.05) is 26.0 Å². The van der Waals surface area contributed by atoms with E-state index in [1.54, 1.807) is 6.92 Å². The Morgan fingerprint density at radius 3 is 2.59 bits per heavy atom. The first kappa shape index (κ1) is 20.1. The number of ether oxygens (including phenoxy) is 1. The largest absolute Gasteiger partial charge is 0.464 e. The molecule has 0 spiro atoms. The van der Waals surface area contributed by atoms with E-state index in [1.165, 1.54) is 24.5 Å². The molecule has 1 N–H and O–H groups in total. The molecule has 8 heteroatoms. The zero-order chi connectivity index (χ0) is 21.1. The maximum absolute atomic E-state index is 12.1. The van der Waals surface area contributed by atoms with Crippen LogP contribution in [0.1, 0.15) is 22.3 Å². The smallest absolute Gasteiger partial charge is 0.310 e. The van der Waals surface area contributed by atoms with Crippen LogP contribution in [0.4, 0.5) is 11.4 Å². The minimum atomic E-state index is -0.578. The zero-order valence-corrected chi connectivity index (χ0v) is 16.3. The molecule has 0 bridgehead atoms. The Kier molecular flexibility index (Phi) is 5.63. The van der Waals surface area contributed by atoms with E-state index in [0.717, 1.165) is 22.1 Å². The average molecular weight is 396 g/mol. The fourth-order valence-corrected chi connectivity index (χ4v) is 2.92. The van der Waals surface area contributed by atoms with Crippen LogP contribution < -0.4 is 5.32 Å². The van der Waals surface area contributed by atoms with Gasteiger partial charge in [-0.05, 0) is 37.5 Å². The van der Waals surface area contributed by atoms with Crippen molar-refractivity contribution >= 4 is 34.2 Å². The molecule has 29 heavy (non-hydrogen) atoms. The van der Waals surface area contributed by atoms with Crippen molar-refractivity contribution in [1.29, 1.82) is 0 Å². The van der Waals surface area contributed by atoms with Crippen LogP contribution in [0.2, 0.25) is 0 Å². The highest BCUT2D eigenvalue weighted by atomic mass is 16.6. The molecule has 0 aliphatic rings. The number of amides is 1. The number of nitro benzene ring substituents is 1. The van der Waals surface area contributed by atoms with Gasteiger partial charge < -0.3 is 14.5 Å². The maximum Gasteiger partial charge on any atom is 0.310 e. The predicted octanol–water partition coefficient (Wildman–Crippen LogP) is 3.99. The Morgan fingerprint density at radius 1 is 1.14 bits per heavy atom. The van der Waals surface area contributed by atoms with Crippen LogP contribution in [0.3, 0.4) is 0 Å². The number of carbonyl (C=O) groups excluding carboxylic acids is 2. The highest BCUT2D eigenvalue weighted by Gasteiger charge is 2.16. The minimum absolute atomic E-state index is 0.0291. The lowest BCUT2D eigenvalue weighted by atomic mass is 10.0. The molecule has 0 fully saturated rings. The van der Waals surface area contributed by atoms with E-state index in [2.05, 4.69) is 5.32 Å². The number of fused-ring (bicyclic) bond motifs is 1. The molecule has 1 heterocycles. The topological polar surface area (TPSA) is 112 Å². The summed E-state index contributed by atoms with van der Waals surface area (Å²) in [6.07, 6.45) is 1.49. The van der Waals surface area contributed by atoms with Crippen molar-refractivity contribution < 1.29 is 23.7 Å². The molecule has 8 nitrogen and oxygen atoms in total. The zero-order valence-electron chi connectivity index (χ0n) is 16.3. The third-order valence-corrected chi connectivity index (χ3v) is 4.75. The summed E-state index contributed by atoms with van der Waals surface area (Å²) in [7, 11) is 0. The standard InChI is InChI=1S/C21H20N2O6/c1-12-5-7-17-15(10-29-21(17)14(12)3)8-20(25)28-11-19(24)22-18-9-16(23(26)27)6-4-13(18)2/h4-7,9-10H,8,11H2,1-3H3,(H,22,24). The number of nitrogens with zero attached hydrogens (tertiary/aromatic N) is 1. The van der Waals surface area contributed by atoms with Crippen molar-refractivity contribution in [1.82, 2.24) is 0 Å². The quantitative estimate of drug-likeness (QED) is 0.383. The van der Waals surface area contributed by atoms with Gasteiger partial charge in [-0.2, -0.15) is 0 Å². The molecule has 0 atom stereocenters. The number of rotatable bonds is 6. The number of carbonyl (C=O) groups is 2. The van der Waals surface area contributed by atoms with Gasteiger partial charge in [0.15, 0.2) is 6.61 Å². The summed E-state index contributed by atoms with van der Waals surface area (Å²) in [5, 5.41) is 14.2. The molecular formula is C21H20N2O6. The Morgan fingerprint density at radius 2 is 1.86 bits per heavy atom. The van der Waals surface area contributed by atoms with Crippen LogP contribution in [0.25, 0.3) is 11.0 Å². The van der Waals surface area contributed by atoms with Crippen LogP contribution >= 0.6 is 0 Å². The van der Waals surface area contributed by atoms with Gasteiger partial charge in [-0.25, -0.2) is 0 Å². The summed E-state index contributed by atoms with van der Waals surface area (Å²) in [6, 6.07) is 7.99. The first-order chi connectivity index (χ1) is 13.8. The van der Waals surface area contributed by atoms with Gasteiger partial charge in [0.1, 0.15) is 5.58 Å². The number of furan rings is 1. The van der Waals surface area contributed by atoms with Crippen molar-refractivity contribution in [2.24, 2.45) is 0 Å². The second-order valence-corrected chi connectivity index (χ2v) is 6.79. The average Bonchev–Trinajstić information content (AvgIpc) is 3.08. The van der Waals surface area contributed by atoms with E-state index in [9.17, 15) is 19.7 Å². The van der Waals surface area contributed by atoms with E-state index < -0.39 is 23.4 Å². The highest BCUT2D eigenvalue weighted by molar-refractivity contribution is 5.94. The van der Waals surface area contributed by atoms with Crippen LogP contribution in [-0.4, -0.2) is 23.4 Å². The second kappa shape index (κ2) is 8.14. The second-order valence-electron chi connectivity index (χ2n) is 6.79. The summed E-state index contributed by atoms with van der Waals surface area (Å²) in [6.45, 7) is 5.14. The van der Waals surface area contributed by atoms with E-state index in [-0.39, 0.29) is 12.1 Å². The summed E-state index contributed by atoms with van der Waals surface area (Å²) < 4.78 is 10.6. The fraction of sp³-hybridized carbons (Fsp3) is 0.238. The monoisotopic (exact) mass is 396 g/mol. The van der Waals surface area contributed by atoms with Gasteiger partial charge in [0, 0.05) is 23.1 Å². The molecular weight excluding hydrogens is 376 g/mol. The number of benzene rings is 2. The molecule has 0 aliphatic carbocycles. The van der Waals surface area contributed by atoms with Crippen molar-refractivity contribution in [3.63, 3.8) is 0 Å². The molecule has 0 radical (unpaired) electrons. The van der Waals surface area contributed by atoms with E-state index in [4.69, 9.17) is 9.15 Å². The number of nitro groups is 1. The lowest BCUT2D eigenvalue weighted by Crippen LogP contribution is -2.22. The number of non-ortho nitro benzene ring substituents is 1. The Hall–Kier alpha value is -3.68. The van der Waals surface area contributed by atoms with Crippen LogP contribution in [0, 0.1) is 30.9 Å². The third-order valence-electron chi connectivity index (χ3n) is 4.75. The summed E-state index contributed by atoms with van der Waals surface area (Å²) in [4.78, 5) is 34.5. The van der Waals surface area contributed by atoms with E-state index in [0.29, 0.717) is 16.8 Å². The van der Waals surface area contributed by atoms with Crippen LogP contribution in [0.5, 0.6) is 0 Å². The van der Waals surface area contributed by atoms with Gasteiger partial charge in [-0.15, -0.1) is 0 Å². The van der Waals surface area contributed by atoms with Gasteiger partial charge in [-0.3, -0.25) is 19.7 Å². The molecule has 3 aromatic rings. The highest BCUT2D eigenvalue weighted by Crippen LogP contribution is 2.27. The molecule has 3 rings (SSSR count). The molecule has 0 saturated carbocycles. The van der Waals surface area contributed by atoms with Gasteiger partial charge in [-0.1, -0.05) is 18.2 Å². The Labute approximate surface area is 166 Å². The van der Waals surface area contributed by atoms with Gasteiger partial charge in [0.25, 0.3) is 11.6 Å². The number of aryl methyl sites for hydroxylation is 3. The van der Waals surface area contributed by atoms with Gasteiger partial charge >= 0.3 is 5.97 Å². The normalized spacial score (nSPS) is 10.7. The first-order valence-corrected chi connectivity index (χ1v) is 8.93. The Bertz CT molecular complexity index is 1120. The van der Waals surface area contributed by atoms with Crippen molar-refractivity contribution in [2.75, 3.05) is 11.9 Å². The summed E-state index contributed by atoms with van der Waals surface area (Å²) >= 11 is 0. The van der Waals surface area contributed by atoms with E-state index >= 15 is 0 Å².